The highest BCUT2D eigenvalue weighted by molar-refractivity contribution is 9.10. The predicted octanol–water partition coefficient (Wildman–Crippen LogP) is 2.89. The Hall–Kier alpha value is -1.88. The van der Waals surface area contributed by atoms with Crippen LogP contribution in [0.3, 0.4) is 0 Å². The Morgan fingerprint density at radius 1 is 1.24 bits per heavy atom. The van der Waals surface area contributed by atoms with Crippen LogP contribution in [0.15, 0.2) is 51.8 Å². The van der Waals surface area contributed by atoms with E-state index in [1.165, 1.54) is 44.4 Å². The Bertz CT molecular complexity index is 839. The molecule has 0 bridgehead atoms. The van der Waals surface area contributed by atoms with Gasteiger partial charge in [-0.2, -0.15) is 0 Å². The molecule has 0 saturated heterocycles. The second-order valence-electron chi connectivity index (χ2n) is 4.99. The van der Waals surface area contributed by atoms with E-state index in [-0.39, 0.29) is 10.7 Å². The molecule has 2 aromatic carbocycles. The topological polar surface area (TPSA) is 107 Å². The maximum absolute atomic E-state index is 12.5. The highest BCUT2D eigenvalue weighted by Gasteiger charge is 2.26. The van der Waals surface area contributed by atoms with Gasteiger partial charge in [0.15, 0.2) is 4.90 Å². The van der Waals surface area contributed by atoms with E-state index in [1.807, 2.05) is 0 Å². The molecule has 136 valence electrons. The van der Waals surface area contributed by atoms with Crippen LogP contribution in [0.2, 0.25) is 0 Å². The summed E-state index contributed by atoms with van der Waals surface area (Å²) in [7, 11) is -1.11. The lowest BCUT2D eigenvalue weighted by atomic mass is 10.2. The van der Waals surface area contributed by atoms with E-state index in [0.717, 1.165) is 20.4 Å². The Morgan fingerprint density at radius 3 is 2.32 bits per heavy atom. The lowest BCUT2D eigenvalue weighted by Gasteiger charge is -2.10. The molecule has 2 N–H and O–H groups in total. The van der Waals surface area contributed by atoms with Crippen molar-refractivity contribution in [1.82, 2.24) is 4.31 Å². The first-order valence-corrected chi connectivity index (χ1v) is 9.14. The smallest absolute Gasteiger partial charge is 0.289 e. The zero-order valence-corrected chi connectivity index (χ0v) is 15.9. The van der Waals surface area contributed by atoms with Crippen molar-refractivity contribution >= 4 is 31.6 Å². The molecule has 25 heavy (non-hydrogen) atoms. The molecule has 0 fully saturated rings. The van der Waals surface area contributed by atoms with Crippen molar-refractivity contribution in [3.05, 3.63) is 68.4 Å². The number of rotatable bonds is 4. The van der Waals surface area contributed by atoms with E-state index in [0.29, 0.717) is 6.54 Å². The van der Waals surface area contributed by atoms with Crippen LogP contribution in [0.5, 0.6) is 0 Å². The highest BCUT2D eigenvalue weighted by Crippen LogP contribution is 2.24. The van der Waals surface area contributed by atoms with Crippen LogP contribution in [-0.4, -0.2) is 31.7 Å². The van der Waals surface area contributed by atoms with E-state index in [1.54, 1.807) is 6.07 Å². The fourth-order valence-electron chi connectivity index (χ4n) is 1.75. The molecule has 0 spiro atoms. The lowest BCUT2D eigenvalue weighted by molar-refractivity contribution is -0.387. The number of nitrogens with two attached hydrogens (primary N) is 1. The van der Waals surface area contributed by atoms with Crippen LogP contribution >= 0.6 is 15.9 Å². The Morgan fingerprint density at radius 2 is 1.84 bits per heavy atom. The van der Waals surface area contributed by atoms with E-state index in [2.05, 4.69) is 15.9 Å². The molecule has 2 aromatic rings. The third-order valence-corrected chi connectivity index (χ3v) is 5.30. The van der Waals surface area contributed by atoms with Gasteiger partial charge in [0, 0.05) is 31.2 Å². The van der Waals surface area contributed by atoms with Gasteiger partial charge in [0.05, 0.1) is 4.92 Å². The van der Waals surface area contributed by atoms with Crippen LogP contribution < -0.4 is 5.73 Å². The monoisotopic (exact) mass is 433 g/mol. The molecule has 0 aliphatic rings. The zero-order valence-electron chi connectivity index (χ0n) is 13.5. The molecular formula is C15H17BrFN3O4S. The van der Waals surface area contributed by atoms with Crippen molar-refractivity contribution in [3.8, 4) is 0 Å². The molecule has 0 atom stereocenters. The lowest BCUT2D eigenvalue weighted by Crippen LogP contribution is -2.23. The first kappa shape index (κ1) is 21.2. The van der Waals surface area contributed by atoms with Gasteiger partial charge in [0.1, 0.15) is 5.82 Å². The van der Waals surface area contributed by atoms with Gasteiger partial charge in [0.2, 0.25) is 10.0 Å². The molecular weight excluding hydrogens is 417 g/mol. The minimum atomic E-state index is -3.76. The third kappa shape index (κ3) is 5.85. The minimum Gasteiger partial charge on any atom is -0.326 e. The number of hydrogen-bond donors (Lipinski definition) is 1. The number of benzene rings is 2. The zero-order chi connectivity index (χ0) is 19.2. The van der Waals surface area contributed by atoms with Gasteiger partial charge in [-0.05, 0) is 29.8 Å². The first-order valence-electron chi connectivity index (χ1n) is 6.90. The van der Waals surface area contributed by atoms with Gasteiger partial charge < -0.3 is 5.73 Å². The number of nitrogens with zero attached hydrogens (tertiary/aromatic N) is 2. The van der Waals surface area contributed by atoms with Crippen LogP contribution in [0.25, 0.3) is 0 Å². The summed E-state index contributed by atoms with van der Waals surface area (Å²) < 4.78 is 37.6. The van der Waals surface area contributed by atoms with Crippen molar-refractivity contribution < 1.29 is 17.7 Å². The van der Waals surface area contributed by atoms with Gasteiger partial charge in [-0.3, -0.25) is 10.1 Å². The summed E-state index contributed by atoms with van der Waals surface area (Å²) >= 11 is 3.16. The van der Waals surface area contributed by atoms with Crippen LogP contribution in [-0.2, 0) is 16.6 Å². The van der Waals surface area contributed by atoms with Gasteiger partial charge in [-0.15, -0.1) is 0 Å². The van der Waals surface area contributed by atoms with Crippen molar-refractivity contribution in [3.63, 3.8) is 0 Å². The summed E-state index contributed by atoms with van der Waals surface area (Å²) in [5.74, 6) is -0.255. The summed E-state index contributed by atoms with van der Waals surface area (Å²) in [6.07, 6.45) is 0. The molecule has 0 aliphatic carbocycles. The molecule has 10 heteroatoms. The molecule has 0 aliphatic heterocycles. The van der Waals surface area contributed by atoms with E-state index in [9.17, 15) is 22.9 Å². The van der Waals surface area contributed by atoms with Gasteiger partial charge in [-0.1, -0.05) is 28.1 Å². The molecule has 0 aromatic heterocycles. The summed E-state index contributed by atoms with van der Waals surface area (Å²) in [5.41, 5.74) is 5.69. The minimum absolute atomic E-state index is 0.255. The van der Waals surface area contributed by atoms with Gasteiger partial charge in [0.25, 0.3) is 5.69 Å². The molecule has 2 rings (SSSR count). The first-order chi connectivity index (χ1) is 11.6. The van der Waals surface area contributed by atoms with E-state index in [4.69, 9.17) is 5.73 Å². The fraction of sp³-hybridized carbons (Fsp3) is 0.200. The molecule has 0 heterocycles. The molecule has 7 nitrogen and oxygen atoms in total. The largest absolute Gasteiger partial charge is 0.326 e. The van der Waals surface area contributed by atoms with Gasteiger partial charge >= 0.3 is 0 Å². The number of halogens is 2. The van der Waals surface area contributed by atoms with Crippen molar-refractivity contribution in [2.24, 2.45) is 5.73 Å². The van der Waals surface area contributed by atoms with Crippen molar-refractivity contribution in [1.29, 1.82) is 0 Å². The Kier molecular flexibility index (Phi) is 7.61. The average Bonchev–Trinajstić information content (AvgIpc) is 2.54. The van der Waals surface area contributed by atoms with Crippen molar-refractivity contribution in [2.45, 2.75) is 11.4 Å². The van der Waals surface area contributed by atoms with Crippen LogP contribution in [0.1, 0.15) is 5.56 Å². The summed E-state index contributed by atoms with van der Waals surface area (Å²) in [6.45, 7) is 0.371. The Labute approximate surface area is 153 Å². The Balaban J connectivity index is 0.000000271. The molecule has 0 unspecified atom stereocenters. The average molecular weight is 434 g/mol. The third-order valence-electron chi connectivity index (χ3n) is 2.98. The van der Waals surface area contributed by atoms with Gasteiger partial charge in [-0.25, -0.2) is 17.1 Å². The number of sulfonamides is 1. The maximum atomic E-state index is 12.5. The predicted molar refractivity (Wildman–Crippen MR) is 96.0 cm³/mol. The SMILES string of the molecule is CN(C)S(=O)(=O)c1ccccc1[N+](=O)[O-].NCc1cc(F)cc(Br)c1. The number of para-hydroxylation sites is 1. The quantitative estimate of drug-likeness (QED) is 0.588. The second kappa shape index (κ2) is 8.99. The summed E-state index contributed by atoms with van der Waals surface area (Å²) in [6, 6.07) is 9.87. The van der Waals surface area contributed by atoms with E-state index < -0.39 is 20.6 Å². The standard InChI is InChI=1S/C8H10N2O4S.C7H7BrFN/c1-9(2)15(13,14)8-6-4-3-5-7(8)10(11)12;8-6-1-5(4-10)2-7(9)3-6/h3-6H,1-2H3;1-3H,4,10H2. The molecule has 0 radical (unpaired) electrons. The fourth-order valence-corrected chi connectivity index (χ4v) is 3.32. The van der Waals surface area contributed by atoms with Crippen LogP contribution in [0, 0.1) is 15.9 Å². The number of hydrogen-bond acceptors (Lipinski definition) is 5. The normalized spacial score (nSPS) is 11.0. The molecule has 0 saturated carbocycles. The summed E-state index contributed by atoms with van der Waals surface area (Å²) in [4.78, 5) is 9.61. The van der Waals surface area contributed by atoms with Crippen molar-refractivity contribution in [2.75, 3.05) is 14.1 Å². The van der Waals surface area contributed by atoms with Crippen LogP contribution in [0.4, 0.5) is 10.1 Å². The highest BCUT2D eigenvalue weighted by atomic mass is 79.9. The van der Waals surface area contributed by atoms with E-state index >= 15 is 0 Å². The molecule has 0 amide bonds. The number of nitro benzene ring substituents is 1. The maximum Gasteiger partial charge on any atom is 0.289 e. The number of nitro groups is 1. The summed E-state index contributed by atoms with van der Waals surface area (Å²) in [5, 5.41) is 10.6. The second-order valence-corrected chi connectivity index (χ2v) is 8.03.